The van der Waals surface area contributed by atoms with E-state index in [1.807, 2.05) is 13.8 Å². The van der Waals surface area contributed by atoms with Crippen molar-refractivity contribution in [1.29, 1.82) is 0 Å². The van der Waals surface area contributed by atoms with E-state index in [0.717, 1.165) is 12.0 Å². The Hall–Kier alpha value is -1.68. The van der Waals surface area contributed by atoms with Crippen LogP contribution < -0.4 is 14.8 Å². The average molecular weight is 298 g/mol. The van der Waals surface area contributed by atoms with Crippen molar-refractivity contribution in [2.75, 3.05) is 14.2 Å². The molecule has 20 heavy (non-hydrogen) atoms. The first-order valence-electron chi connectivity index (χ1n) is 6.41. The molecule has 1 amide bonds. The van der Waals surface area contributed by atoms with Crippen LogP contribution >= 0.6 is 11.6 Å². The van der Waals surface area contributed by atoms with Gasteiger partial charge in [0, 0.05) is 12.1 Å². The van der Waals surface area contributed by atoms with E-state index in [4.69, 9.17) is 21.1 Å². The van der Waals surface area contributed by atoms with E-state index in [1.54, 1.807) is 18.2 Å². The number of ether oxygens (including phenoxy) is 2. The lowest BCUT2D eigenvalue weighted by molar-refractivity contribution is -0.117. The maximum absolute atomic E-state index is 11.7. The van der Waals surface area contributed by atoms with E-state index < -0.39 is 0 Å². The molecule has 0 fully saturated rings. The Labute approximate surface area is 124 Å². The molecular formula is C15H20ClNO3. The van der Waals surface area contributed by atoms with Gasteiger partial charge in [-0.25, -0.2) is 0 Å². The lowest BCUT2D eigenvalue weighted by atomic mass is 10.2. The second-order valence-corrected chi connectivity index (χ2v) is 4.80. The SMILES string of the molecule is CCC(C)NC(=O)/C=C/c1cc(Cl)c(OC)c(OC)c1. The Balaban J connectivity index is 2.88. The molecule has 0 spiro atoms. The van der Waals surface area contributed by atoms with Crippen LogP contribution in [0.15, 0.2) is 18.2 Å². The van der Waals surface area contributed by atoms with Crippen molar-refractivity contribution in [3.63, 3.8) is 0 Å². The molecule has 0 saturated carbocycles. The Morgan fingerprint density at radius 2 is 2.10 bits per heavy atom. The highest BCUT2D eigenvalue weighted by Crippen LogP contribution is 2.36. The first-order valence-corrected chi connectivity index (χ1v) is 6.79. The van der Waals surface area contributed by atoms with Gasteiger partial charge < -0.3 is 14.8 Å². The van der Waals surface area contributed by atoms with E-state index in [2.05, 4.69) is 5.32 Å². The third-order valence-electron chi connectivity index (χ3n) is 2.88. The topological polar surface area (TPSA) is 47.6 Å². The molecule has 4 nitrogen and oxygen atoms in total. The van der Waals surface area contributed by atoms with Crippen molar-refractivity contribution in [2.24, 2.45) is 0 Å². The lowest BCUT2D eigenvalue weighted by Crippen LogP contribution is -2.30. The number of hydrogen-bond donors (Lipinski definition) is 1. The summed E-state index contributed by atoms with van der Waals surface area (Å²) in [5, 5.41) is 3.29. The molecule has 1 aromatic rings. The maximum atomic E-state index is 11.7. The van der Waals surface area contributed by atoms with Crippen LogP contribution in [0.5, 0.6) is 11.5 Å². The molecular weight excluding hydrogens is 278 g/mol. The van der Waals surface area contributed by atoms with Gasteiger partial charge in [-0.15, -0.1) is 0 Å². The van der Waals surface area contributed by atoms with Crippen molar-refractivity contribution in [1.82, 2.24) is 5.32 Å². The minimum Gasteiger partial charge on any atom is -0.493 e. The maximum Gasteiger partial charge on any atom is 0.244 e. The second-order valence-electron chi connectivity index (χ2n) is 4.39. The number of amides is 1. The van der Waals surface area contributed by atoms with Crippen molar-refractivity contribution in [3.05, 3.63) is 28.8 Å². The van der Waals surface area contributed by atoms with Crippen molar-refractivity contribution in [2.45, 2.75) is 26.3 Å². The summed E-state index contributed by atoms with van der Waals surface area (Å²) in [5.74, 6) is 0.877. The van der Waals surface area contributed by atoms with E-state index >= 15 is 0 Å². The highest BCUT2D eigenvalue weighted by Gasteiger charge is 2.10. The molecule has 1 rings (SSSR count). The van der Waals surface area contributed by atoms with Crippen molar-refractivity contribution in [3.8, 4) is 11.5 Å². The van der Waals surface area contributed by atoms with Gasteiger partial charge in [-0.1, -0.05) is 18.5 Å². The number of nitrogens with one attached hydrogen (secondary N) is 1. The Kier molecular flexibility index (Phi) is 6.39. The molecule has 1 N–H and O–H groups in total. The molecule has 0 aliphatic carbocycles. The predicted octanol–water partition coefficient (Wildman–Crippen LogP) is 3.29. The lowest BCUT2D eigenvalue weighted by Gasteiger charge is -2.10. The number of halogens is 1. The molecule has 0 saturated heterocycles. The van der Waals surface area contributed by atoms with Gasteiger partial charge in [0.15, 0.2) is 11.5 Å². The van der Waals surface area contributed by atoms with E-state index in [-0.39, 0.29) is 11.9 Å². The van der Waals surface area contributed by atoms with E-state index in [0.29, 0.717) is 16.5 Å². The minimum atomic E-state index is -0.134. The zero-order valence-electron chi connectivity index (χ0n) is 12.2. The summed E-state index contributed by atoms with van der Waals surface area (Å²) >= 11 is 6.10. The van der Waals surface area contributed by atoms with Crippen LogP contribution in [0.4, 0.5) is 0 Å². The summed E-state index contributed by atoms with van der Waals surface area (Å²) in [6, 6.07) is 3.63. The summed E-state index contributed by atoms with van der Waals surface area (Å²) < 4.78 is 10.4. The molecule has 0 aliphatic rings. The van der Waals surface area contributed by atoms with Gasteiger partial charge in [0.25, 0.3) is 0 Å². The highest BCUT2D eigenvalue weighted by molar-refractivity contribution is 6.32. The van der Waals surface area contributed by atoms with Gasteiger partial charge in [0.2, 0.25) is 5.91 Å². The summed E-state index contributed by atoms with van der Waals surface area (Å²) in [5.41, 5.74) is 0.770. The molecule has 1 unspecified atom stereocenters. The zero-order chi connectivity index (χ0) is 15.1. The van der Waals surface area contributed by atoms with E-state index in [9.17, 15) is 4.79 Å². The van der Waals surface area contributed by atoms with Crippen LogP contribution in [-0.4, -0.2) is 26.2 Å². The van der Waals surface area contributed by atoms with E-state index in [1.165, 1.54) is 20.3 Å². The predicted molar refractivity (Wildman–Crippen MR) is 81.5 cm³/mol. The fourth-order valence-corrected chi connectivity index (χ4v) is 1.90. The van der Waals surface area contributed by atoms with Gasteiger partial charge in [-0.2, -0.15) is 0 Å². The summed E-state index contributed by atoms with van der Waals surface area (Å²) in [7, 11) is 3.07. The van der Waals surface area contributed by atoms with Gasteiger partial charge in [0.05, 0.1) is 19.2 Å². The molecule has 0 heterocycles. The first-order chi connectivity index (χ1) is 9.51. The largest absolute Gasteiger partial charge is 0.493 e. The second kappa shape index (κ2) is 7.80. The zero-order valence-corrected chi connectivity index (χ0v) is 13.0. The number of hydrogen-bond acceptors (Lipinski definition) is 3. The summed E-state index contributed by atoms with van der Waals surface area (Å²) in [6.45, 7) is 3.97. The molecule has 1 atom stereocenters. The number of rotatable bonds is 6. The molecule has 0 radical (unpaired) electrons. The Bertz CT molecular complexity index is 500. The van der Waals surface area contributed by atoms with Crippen molar-refractivity contribution < 1.29 is 14.3 Å². The Morgan fingerprint density at radius 1 is 1.40 bits per heavy atom. The van der Waals surface area contributed by atoms with Crippen molar-refractivity contribution >= 4 is 23.6 Å². The van der Waals surface area contributed by atoms with Gasteiger partial charge in [-0.3, -0.25) is 4.79 Å². The first kappa shape index (κ1) is 16.4. The molecule has 5 heteroatoms. The van der Waals surface area contributed by atoms with Crippen LogP contribution in [-0.2, 0) is 4.79 Å². The van der Waals surface area contributed by atoms with Crippen LogP contribution in [0, 0.1) is 0 Å². The minimum absolute atomic E-state index is 0.134. The number of benzene rings is 1. The highest BCUT2D eigenvalue weighted by atomic mass is 35.5. The molecule has 1 aromatic carbocycles. The molecule has 0 aliphatic heterocycles. The van der Waals surface area contributed by atoms with Gasteiger partial charge in [-0.05, 0) is 37.1 Å². The Morgan fingerprint density at radius 3 is 2.65 bits per heavy atom. The normalized spacial score (nSPS) is 12.2. The van der Waals surface area contributed by atoms with Gasteiger partial charge >= 0.3 is 0 Å². The molecule has 0 bridgehead atoms. The summed E-state index contributed by atoms with van der Waals surface area (Å²) in [6.07, 6.45) is 4.05. The third-order valence-corrected chi connectivity index (χ3v) is 3.16. The van der Waals surface area contributed by atoms with Crippen LogP contribution in [0.3, 0.4) is 0 Å². The average Bonchev–Trinajstić information content (AvgIpc) is 2.44. The summed E-state index contributed by atoms with van der Waals surface area (Å²) in [4.78, 5) is 11.7. The fourth-order valence-electron chi connectivity index (χ4n) is 1.60. The monoisotopic (exact) mass is 297 g/mol. The van der Waals surface area contributed by atoms with Gasteiger partial charge in [0.1, 0.15) is 0 Å². The molecule has 110 valence electrons. The number of methoxy groups -OCH3 is 2. The fraction of sp³-hybridized carbons (Fsp3) is 0.400. The number of carbonyl (C=O) groups is 1. The quantitative estimate of drug-likeness (QED) is 0.820. The van der Waals surface area contributed by atoms with Crippen LogP contribution in [0.2, 0.25) is 5.02 Å². The molecule has 0 aromatic heterocycles. The van der Waals surface area contributed by atoms with Crippen LogP contribution in [0.25, 0.3) is 6.08 Å². The van der Waals surface area contributed by atoms with Crippen LogP contribution in [0.1, 0.15) is 25.8 Å². The number of carbonyl (C=O) groups excluding carboxylic acids is 1. The standard InChI is InChI=1S/C15H20ClNO3/c1-5-10(2)17-14(18)7-6-11-8-12(16)15(20-4)13(9-11)19-3/h6-10H,5H2,1-4H3,(H,17,18)/b7-6+. The smallest absolute Gasteiger partial charge is 0.244 e. The third kappa shape index (κ3) is 4.46.